The summed E-state index contributed by atoms with van der Waals surface area (Å²) in [7, 11) is 0. The molecule has 0 saturated heterocycles. The first-order chi connectivity index (χ1) is 15.6. The van der Waals surface area contributed by atoms with Gasteiger partial charge in [0.15, 0.2) is 0 Å². The number of benzene rings is 2. The first-order valence-electron chi connectivity index (χ1n) is 10.4. The second kappa shape index (κ2) is 10.2. The van der Waals surface area contributed by atoms with Crippen LogP contribution in [0.3, 0.4) is 0 Å². The summed E-state index contributed by atoms with van der Waals surface area (Å²) in [5, 5.41) is 9.39. The van der Waals surface area contributed by atoms with Crippen LogP contribution < -0.4 is 16.0 Å². The van der Waals surface area contributed by atoms with Crippen molar-refractivity contribution < 1.29 is 4.79 Å². The highest BCUT2D eigenvalue weighted by Gasteiger charge is 2.06. The summed E-state index contributed by atoms with van der Waals surface area (Å²) in [6.07, 6.45) is 2.88. The van der Waals surface area contributed by atoms with Crippen molar-refractivity contribution in [1.82, 2.24) is 15.0 Å². The van der Waals surface area contributed by atoms with Crippen LogP contribution in [0.5, 0.6) is 0 Å². The number of carbonyl (C=O) groups is 1. The Morgan fingerprint density at radius 3 is 2.19 bits per heavy atom. The summed E-state index contributed by atoms with van der Waals surface area (Å²) in [5.41, 5.74) is 2.76. The van der Waals surface area contributed by atoms with Gasteiger partial charge in [0.2, 0.25) is 5.91 Å². The molecule has 0 atom stereocenters. The minimum absolute atomic E-state index is 0.00812. The van der Waals surface area contributed by atoms with Crippen LogP contribution in [-0.2, 0) is 11.2 Å². The zero-order chi connectivity index (χ0) is 22.2. The molecule has 7 nitrogen and oxygen atoms in total. The number of carbonyl (C=O) groups excluding carboxylic acids is 1. The topological polar surface area (TPSA) is 91.8 Å². The van der Waals surface area contributed by atoms with Gasteiger partial charge in [0.25, 0.3) is 0 Å². The Bertz CT molecular complexity index is 1160. The van der Waals surface area contributed by atoms with Crippen molar-refractivity contribution in [2.75, 3.05) is 16.0 Å². The van der Waals surface area contributed by atoms with Gasteiger partial charge >= 0.3 is 0 Å². The second-order valence-electron chi connectivity index (χ2n) is 7.26. The molecule has 0 bridgehead atoms. The summed E-state index contributed by atoms with van der Waals surface area (Å²) >= 11 is 0. The molecule has 4 rings (SSSR count). The van der Waals surface area contributed by atoms with Crippen molar-refractivity contribution in [3.8, 4) is 0 Å². The van der Waals surface area contributed by atoms with Gasteiger partial charge in [-0.1, -0.05) is 36.4 Å². The molecular formula is C25H24N6O. The van der Waals surface area contributed by atoms with Crippen LogP contribution in [0.4, 0.5) is 28.8 Å². The van der Waals surface area contributed by atoms with E-state index in [1.54, 1.807) is 6.20 Å². The molecule has 0 aliphatic heterocycles. The SMILES string of the molecule is Cc1nc(Nc2ccc(NC(=O)CCc3ccccc3)cc2)cc(Nc2ccccn2)n1. The van der Waals surface area contributed by atoms with Crippen LogP contribution in [0.25, 0.3) is 0 Å². The highest BCUT2D eigenvalue weighted by molar-refractivity contribution is 5.91. The van der Waals surface area contributed by atoms with E-state index in [9.17, 15) is 4.79 Å². The Morgan fingerprint density at radius 2 is 1.47 bits per heavy atom. The molecule has 0 spiro atoms. The largest absolute Gasteiger partial charge is 0.340 e. The molecule has 0 radical (unpaired) electrons. The number of aryl methyl sites for hydroxylation is 2. The molecular weight excluding hydrogens is 400 g/mol. The molecule has 160 valence electrons. The third-order valence-corrected chi connectivity index (χ3v) is 4.68. The van der Waals surface area contributed by atoms with Gasteiger partial charge in [0, 0.05) is 30.1 Å². The second-order valence-corrected chi connectivity index (χ2v) is 7.26. The number of nitrogens with zero attached hydrogens (tertiary/aromatic N) is 3. The fourth-order valence-corrected chi connectivity index (χ4v) is 3.17. The van der Waals surface area contributed by atoms with E-state index in [1.165, 1.54) is 0 Å². The predicted octanol–water partition coefficient (Wildman–Crippen LogP) is 5.24. The average molecular weight is 425 g/mol. The lowest BCUT2D eigenvalue weighted by Gasteiger charge is -2.11. The number of pyridine rings is 1. The maximum Gasteiger partial charge on any atom is 0.224 e. The van der Waals surface area contributed by atoms with Crippen molar-refractivity contribution in [3.05, 3.63) is 96.4 Å². The van der Waals surface area contributed by atoms with E-state index < -0.39 is 0 Å². The number of hydrogen-bond acceptors (Lipinski definition) is 6. The van der Waals surface area contributed by atoms with Crippen molar-refractivity contribution in [3.63, 3.8) is 0 Å². The molecule has 2 heterocycles. The van der Waals surface area contributed by atoms with Gasteiger partial charge in [-0.3, -0.25) is 4.79 Å². The van der Waals surface area contributed by atoms with Crippen LogP contribution in [0.1, 0.15) is 17.8 Å². The van der Waals surface area contributed by atoms with E-state index in [4.69, 9.17) is 0 Å². The molecule has 3 N–H and O–H groups in total. The highest BCUT2D eigenvalue weighted by atomic mass is 16.1. The van der Waals surface area contributed by atoms with Crippen molar-refractivity contribution in [1.29, 1.82) is 0 Å². The molecule has 32 heavy (non-hydrogen) atoms. The van der Waals surface area contributed by atoms with Crippen molar-refractivity contribution in [2.24, 2.45) is 0 Å². The standard InChI is InChI=1S/C25H24N6O/c1-18-27-23(17-24(28-18)31-22-9-5-6-16-26-22)29-20-11-13-21(14-12-20)30-25(32)15-10-19-7-3-2-4-8-19/h2-9,11-14,16-17H,10,15H2,1H3,(H,30,32)(H2,26,27,28,29,31). The number of nitrogens with one attached hydrogen (secondary N) is 3. The molecule has 2 aromatic heterocycles. The fourth-order valence-electron chi connectivity index (χ4n) is 3.17. The van der Waals surface area contributed by atoms with Gasteiger partial charge in [0.05, 0.1) is 0 Å². The summed E-state index contributed by atoms with van der Waals surface area (Å²) < 4.78 is 0. The molecule has 2 aromatic carbocycles. The fraction of sp³-hybridized carbons (Fsp3) is 0.120. The van der Waals surface area contributed by atoms with Gasteiger partial charge in [0.1, 0.15) is 23.3 Å². The quantitative estimate of drug-likeness (QED) is 0.358. The summed E-state index contributed by atoms with van der Waals surface area (Å²) in [5.74, 6) is 2.66. The molecule has 0 aliphatic rings. The molecule has 0 fully saturated rings. The minimum Gasteiger partial charge on any atom is -0.340 e. The van der Waals surface area contributed by atoms with Gasteiger partial charge in [-0.05, 0) is 55.3 Å². The monoisotopic (exact) mass is 424 g/mol. The maximum atomic E-state index is 12.2. The number of rotatable bonds is 8. The first kappa shape index (κ1) is 21.0. The number of anilines is 5. The molecule has 0 aliphatic carbocycles. The Labute approximate surface area is 187 Å². The lowest BCUT2D eigenvalue weighted by Crippen LogP contribution is -2.12. The zero-order valence-corrected chi connectivity index (χ0v) is 17.7. The Morgan fingerprint density at radius 1 is 0.781 bits per heavy atom. The van der Waals surface area contributed by atoms with E-state index in [0.29, 0.717) is 36.1 Å². The Balaban J connectivity index is 1.34. The Kier molecular flexibility index (Phi) is 6.67. The maximum absolute atomic E-state index is 12.2. The van der Waals surface area contributed by atoms with E-state index in [-0.39, 0.29) is 5.91 Å². The van der Waals surface area contributed by atoms with Crippen LogP contribution in [0.2, 0.25) is 0 Å². The van der Waals surface area contributed by atoms with Gasteiger partial charge in [-0.15, -0.1) is 0 Å². The third kappa shape index (κ3) is 6.12. The van der Waals surface area contributed by atoms with Crippen LogP contribution in [0.15, 0.2) is 85.1 Å². The van der Waals surface area contributed by atoms with E-state index in [0.717, 1.165) is 16.9 Å². The molecule has 0 saturated carbocycles. The van der Waals surface area contributed by atoms with Gasteiger partial charge in [-0.2, -0.15) is 0 Å². The van der Waals surface area contributed by atoms with Crippen molar-refractivity contribution >= 4 is 34.7 Å². The number of aromatic nitrogens is 3. The minimum atomic E-state index is -0.00812. The third-order valence-electron chi connectivity index (χ3n) is 4.68. The summed E-state index contributed by atoms with van der Waals surface area (Å²) in [4.78, 5) is 25.3. The van der Waals surface area contributed by atoms with Crippen LogP contribution >= 0.6 is 0 Å². The number of amides is 1. The molecule has 1 amide bonds. The summed E-state index contributed by atoms with van der Waals surface area (Å²) in [6.45, 7) is 1.84. The number of hydrogen-bond donors (Lipinski definition) is 3. The van der Waals surface area contributed by atoms with Crippen LogP contribution in [0, 0.1) is 6.92 Å². The van der Waals surface area contributed by atoms with Gasteiger partial charge in [-0.25, -0.2) is 15.0 Å². The molecule has 7 heteroatoms. The smallest absolute Gasteiger partial charge is 0.224 e. The molecule has 0 unspecified atom stereocenters. The van der Waals surface area contributed by atoms with Gasteiger partial charge < -0.3 is 16.0 Å². The van der Waals surface area contributed by atoms with E-state index in [2.05, 4.69) is 30.9 Å². The van der Waals surface area contributed by atoms with Crippen molar-refractivity contribution in [2.45, 2.75) is 19.8 Å². The first-order valence-corrected chi connectivity index (χ1v) is 10.4. The van der Waals surface area contributed by atoms with E-state index >= 15 is 0 Å². The highest BCUT2D eigenvalue weighted by Crippen LogP contribution is 2.21. The lowest BCUT2D eigenvalue weighted by molar-refractivity contribution is -0.116. The lowest BCUT2D eigenvalue weighted by atomic mass is 10.1. The normalized spacial score (nSPS) is 10.4. The zero-order valence-electron chi connectivity index (χ0n) is 17.7. The van der Waals surface area contributed by atoms with Crippen LogP contribution in [-0.4, -0.2) is 20.9 Å². The average Bonchev–Trinajstić information content (AvgIpc) is 2.80. The van der Waals surface area contributed by atoms with E-state index in [1.807, 2.05) is 85.8 Å². The predicted molar refractivity (Wildman–Crippen MR) is 127 cm³/mol. The molecule has 4 aromatic rings. The summed E-state index contributed by atoms with van der Waals surface area (Å²) in [6, 6.07) is 25.0. The Hall–Kier alpha value is -4.26.